The minimum Gasteiger partial charge on any atom is -0.490 e. The van der Waals surface area contributed by atoms with Gasteiger partial charge in [-0.1, -0.05) is 6.07 Å². The molecule has 0 saturated heterocycles. The van der Waals surface area contributed by atoms with Crippen molar-refractivity contribution < 1.29 is 4.74 Å². The Morgan fingerprint density at radius 3 is 3.06 bits per heavy atom. The topological polar surface area (TPSA) is 38.5 Å². The van der Waals surface area contributed by atoms with Gasteiger partial charge in [0.25, 0.3) is 0 Å². The minimum absolute atomic E-state index is 0.269. The van der Waals surface area contributed by atoms with Crippen LogP contribution in [0.25, 0.3) is 0 Å². The van der Waals surface area contributed by atoms with Crippen molar-refractivity contribution in [2.75, 3.05) is 25.1 Å². The number of benzene rings is 1. The molecule has 1 aromatic rings. The lowest BCUT2D eigenvalue weighted by atomic mass is 10.0. The molecule has 1 aliphatic rings. The lowest BCUT2D eigenvalue weighted by Gasteiger charge is -2.28. The third-order valence-corrected chi connectivity index (χ3v) is 3.01. The van der Waals surface area contributed by atoms with Crippen molar-refractivity contribution in [1.29, 1.82) is 0 Å². The van der Waals surface area contributed by atoms with Crippen LogP contribution in [-0.4, -0.2) is 26.2 Å². The van der Waals surface area contributed by atoms with E-state index in [1.54, 1.807) is 0 Å². The SMILES string of the molecule is C[C@@H](N)CCc1ccc2c(c1)N(C)CCO2. The molecule has 0 bridgehead atoms. The molecule has 0 fully saturated rings. The van der Waals surface area contributed by atoms with Gasteiger partial charge in [-0.25, -0.2) is 0 Å². The molecule has 0 radical (unpaired) electrons. The van der Waals surface area contributed by atoms with Crippen molar-refractivity contribution in [3.8, 4) is 5.75 Å². The fraction of sp³-hybridized carbons (Fsp3) is 0.538. The molecule has 1 heterocycles. The lowest BCUT2D eigenvalue weighted by molar-refractivity contribution is 0.311. The van der Waals surface area contributed by atoms with E-state index in [1.807, 2.05) is 6.92 Å². The van der Waals surface area contributed by atoms with Crippen molar-refractivity contribution in [2.45, 2.75) is 25.8 Å². The van der Waals surface area contributed by atoms with E-state index < -0.39 is 0 Å². The second-order valence-electron chi connectivity index (χ2n) is 4.59. The maximum Gasteiger partial charge on any atom is 0.142 e. The van der Waals surface area contributed by atoms with E-state index in [4.69, 9.17) is 10.5 Å². The quantitative estimate of drug-likeness (QED) is 0.844. The van der Waals surface area contributed by atoms with Crippen molar-refractivity contribution in [3.63, 3.8) is 0 Å². The molecule has 0 aromatic heterocycles. The van der Waals surface area contributed by atoms with E-state index in [0.717, 1.165) is 31.7 Å². The number of aryl methyl sites for hydroxylation is 1. The summed E-state index contributed by atoms with van der Waals surface area (Å²) in [5, 5.41) is 0. The predicted octanol–water partition coefficient (Wildman–Crippen LogP) is 1.80. The molecule has 2 N–H and O–H groups in total. The Bertz CT molecular complexity index is 363. The summed E-state index contributed by atoms with van der Waals surface area (Å²) in [5.74, 6) is 0.998. The Balaban J connectivity index is 2.14. The average Bonchev–Trinajstić information content (AvgIpc) is 2.27. The third kappa shape index (κ3) is 2.47. The van der Waals surface area contributed by atoms with Crippen molar-refractivity contribution in [3.05, 3.63) is 23.8 Å². The maximum atomic E-state index is 5.77. The molecule has 2 rings (SSSR count). The zero-order chi connectivity index (χ0) is 11.5. The Morgan fingerprint density at radius 2 is 2.31 bits per heavy atom. The molecule has 16 heavy (non-hydrogen) atoms. The lowest BCUT2D eigenvalue weighted by Crippen LogP contribution is -2.28. The predicted molar refractivity (Wildman–Crippen MR) is 67.2 cm³/mol. The second-order valence-corrected chi connectivity index (χ2v) is 4.59. The van der Waals surface area contributed by atoms with Crippen LogP contribution in [0.15, 0.2) is 18.2 Å². The molecule has 0 amide bonds. The summed E-state index contributed by atoms with van der Waals surface area (Å²) in [6.07, 6.45) is 2.07. The Kier molecular flexibility index (Phi) is 3.34. The molecular weight excluding hydrogens is 200 g/mol. The minimum atomic E-state index is 0.269. The zero-order valence-electron chi connectivity index (χ0n) is 10.1. The monoisotopic (exact) mass is 220 g/mol. The number of nitrogens with two attached hydrogens (primary N) is 1. The van der Waals surface area contributed by atoms with Gasteiger partial charge in [0, 0.05) is 13.1 Å². The van der Waals surface area contributed by atoms with Gasteiger partial charge in [0.05, 0.1) is 12.2 Å². The molecular formula is C13H20N2O. The van der Waals surface area contributed by atoms with Gasteiger partial charge in [0.2, 0.25) is 0 Å². The van der Waals surface area contributed by atoms with Crippen LogP contribution in [0, 0.1) is 0 Å². The van der Waals surface area contributed by atoms with Crippen LogP contribution in [0.2, 0.25) is 0 Å². The number of fused-ring (bicyclic) bond motifs is 1. The Labute approximate surface area is 97.2 Å². The first-order valence-corrected chi connectivity index (χ1v) is 5.89. The van der Waals surface area contributed by atoms with Crippen LogP contribution >= 0.6 is 0 Å². The third-order valence-electron chi connectivity index (χ3n) is 3.01. The molecule has 3 heteroatoms. The van der Waals surface area contributed by atoms with Crippen LogP contribution in [0.1, 0.15) is 18.9 Å². The molecule has 0 aliphatic carbocycles. The van der Waals surface area contributed by atoms with Gasteiger partial charge in [-0.3, -0.25) is 0 Å². The number of nitrogens with zero attached hydrogens (tertiary/aromatic N) is 1. The van der Waals surface area contributed by atoms with Crippen LogP contribution in [-0.2, 0) is 6.42 Å². The molecule has 1 aromatic carbocycles. The Hall–Kier alpha value is -1.22. The summed E-state index contributed by atoms with van der Waals surface area (Å²) < 4.78 is 5.61. The van der Waals surface area contributed by atoms with E-state index in [-0.39, 0.29) is 6.04 Å². The number of ether oxygens (including phenoxy) is 1. The first kappa shape index (κ1) is 11.3. The molecule has 0 unspecified atom stereocenters. The molecule has 1 atom stereocenters. The number of likely N-dealkylation sites (N-methyl/N-ethyl adjacent to an activating group) is 1. The van der Waals surface area contributed by atoms with Gasteiger partial charge in [0.15, 0.2) is 0 Å². The largest absolute Gasteiger partial charge is 0.490 e. The first-order valence-electron chi connectivity index (χ1n) is 5.89. The van der Waals surface area contributed by atoms with E-state index in [2.05, 4.69) is 30.1 Å². The van der Waals surface area contributed by atoms with E-state index in [0.29, 0.717) is 0 Å². The van der Waals surface area contributed by atoms with Gasteiger partial charge in [-0.15, -0.1) is 0 Å². The van der Waals surface area contributed by atoms with Crippen LogP contribution < -0.4 is 15.4 Å². The summed E-state index contributed by atoms with van der Waals surface area (Å²) in [5.41, 5.74) is 8.31. The highest BCUT2D eigenvalue weighted by Gasteiger charge is 2.14. The van der Waals surface area contributed by atoms with Crippen molar-refractivity contribution in [1.82, 2.24) is 0 Å². The van der Waals surface area contributed by atoms with Crippen LogP contribution in [0.5, 0.6) is 5.75 Å². The maximum absolute atomic E-state index is 5.77. The smallest absolute Gasteiger partial charge is 0.142 e. The number of anilines is 1. The van der Waals surface area contributed by atoms with Gasteiger partial charge in [0.1, 0.15) is 12.4 Å². The fourth-order valence-corrected chi connectivity index (χ4v) is 1.95. The van der Waals surface area contributed by atoms with E-state index >= 15 is 0 Å². The zero-order valence-corrected chi connectivity index (χ0v) is 10.1. The summed E-state index contributed by atoms with van der Waals surface area (Å²) in [6.45, 7) is 3.79. The van der Waals surface area contributed by atoms with E-state index in [9.17, 15) is 0 Å². The van der Waals surface area contributed by atoms with Gasteiger partial charge >= 0.3 is 0 Å². The van der Waals surface area contributed by atoms with Crippen LogP contribution in [0.3, 0.4) is 0 Å². The molecule has 1 aliphatic heterocycles. The second kappa shape index (κ2) is 4.74. The molecule has 88 valence electrons. The fourth-order valence-electron chi connectivity index (χ4n) is 1.95. The Morgan fingerprint density at radius 1 is 1.50 bits per heavy atom. The molecule has 0 saturated carbocycles. The highest BCUT2D eigenvalue weighted by Crippen LogP contribution is 2.31. The highest BCUT2D eigenvalue weighted by atomic mass is 16.5. The number of rotatable bonds is 3. The average molecular weight is 220 g/mol. The normalized spacial score (nSPS) is 16.6. The summed E-state index contributed by atoms with van der Waals surface area (Å²) in [6, 6.07) is 6.70. The number of hydrogen-bond acceptors (Lipinski definition) is 3. The standard InChI is InChI=1S/C13H20N2O/c1-10(14)3-4-11-5-6-13-12(9-11)15(2)7-8-16-13/h5-6,9-10H,3-4,7-8,14H2,1-2H3/t10-/m1/s1. The number of hydrogen-bond donors (Lipinski definition) is 1. The highest BCUT2D eigenvalue weighted by molar-refractivity contribution is 5.60. The van der Waals surface area contributed by atoms with Crippen molar-refractivity contribution >= 4 is 5.69 Å². The first-order chi connectivity index (χ1) is 7.66. The molecule has 3 nitrogen and oxygen atoms in total. The van der Waals surface area contributed by atoms with Gasteiger partial charge in [-0.05, 0) is 37.5 Å². The summed E-state index contributed by atoms with van der Waals surface area (Å²) in [7, 11) is 2.11. The van der Waals surface area contributed by atoms with Gasteiger partial charge in [-0.2, -0.15) is 0 Å². The van der Waals surface area contributed by atoms with E-state index in [1.165, 1.54) is 11.3 Å². The summed E-state index contributed by atoms with van der Waals surface area (Å²) in [4.78, 5) is 2.24. The van der Waals surface area contributed by atoms with Crippen molar-refractivity contribution in [2.24, 2.45) is 5.73 Å². The van der Waals surface area contributed by atoms with Gasteiger partial charge < -0.3 is 15.4 Å². The van der Waals surface area contributed by atoms with Crippen LogP contribution in [0.4, 0.5) is 5.69 Å². The summed E-state index contributed by atoms with van der Waals surface area (Å²) >= 11 is 0. The molecule has 0 spiro atoms.